The minimum atomic E-state index is -3.83. The molecule has 9 heteroatoms. The maximum absolute atomic E-state index is 14.0. The number of aryl methyl sites for hydroxylation is 1. The third-order valence-electron chi connectivity index (χ3n) is 7.72. The number of hydrogen-bond donors (Lipinski definition) is 1. The highest BCUT2D eigenvalue weighted by Gasteiger charge is 2.33. The van der Waals surface area contributed by atoms with Crippen molar-refractivity contribution in [1.29, 1.82) is 0 Å². The number of nitrogens with zero attached hydrogens (tertiary/aromatic N) is 2. The van der Waals surface area contributed by atoms with Crippen molar-refractivity contribution >= 4 is 27.5 Å². The molecule has 0 spiro atoms. The first kappa shape index (κ1) is 31.1. The molecule has 0 aliphatic heterocycles. The van der Waals surface area contributed by atoms with Crippen LogP contribution in [0.5, 0.6) is 11.5 Å². The molecule has 42 heavy (non-hydrogen) atoms. The third-order valence-corrected chi connectivity index (χ3v) is 8.86. The Morgan fingerprint density at radius 3 is 2.14 bits per heavy atom. The first-order valence-electron chi connectivity index (χ1n) is 14.6. The van der Waals surface area contributed by atoms with E-state index in [0.717, 1.165) is 47.4 Å². The van der Waals surface area contributed by atoms with Gasteiger partial charge >= 0.3 is 0 Å². The molecule has 0 heterocycles. The maximum atomic E-state index is 14.0. The van der Waals surface area contributed by atoms with Crippen LogP contribution < -0.4 is 14.4 Å². The van der Waals surface area contributed by atoms with Gasteiger partial charge in [0.25, 0.3) is 0 Å². The fourth-order valence-corrected chi connectivity index (χ4v) is 6.20. The van der Waals surface area contributed by atoms with E-state index < -0.39 is 28.5 Å². The summed E-state index contributed by atoms with van der Waals surface area (Å²) in [6, 6.07) is 22.9. The molecule has 2 amide bonds. The first-order valence-corrected chi connectivity index (χ1v) is 16.5. The van der Waals surface area contributed by atoms with Crippen LogP contribution in [0.3, 0.4) is 0 Å². The summed E-state index contributed by atoms with van der Waals surface area (Å²) in [4.78, 5) is 29.1. The van der Waals surface area contributed by atoms with E-state index in [2.05, 4.69) is 5.32 Å². The van der Waals surface area contributed by atoms with Crippen molar-refractivity contribution in [2.45, 2.75) is 71.0 Å². The Morgan fingerprint density at radius 1 is 0.905 bits per heavy atom. The molecule has 3 aromatic carbocycles. The molecular weight excluding hydrogens is 550 g/mol. The Morgan fingerprint density at radius 2 is 1.52 bits per heavy atom. The number of carbonyl (C=O) groups excluding carboxylic acids is 2. The number of anilines is 1. The van der Waals surface area contributed by atoms with E-state index in [1.807, 2.05) is 68.4 Å². The van der Waals surface area contributed by atoms with Crippen molar-refractivity contribution in [1.82, 2.24) is 10.2 Å². The molecule has 1 fully saturated rings. The Kier molecular flexibility index (Phi) is 10.6. The van der Waals surface area contributed by atoms with E-state index in [0.29, 0.717) is 23.6 Å². The lowest BCUT2D eigenvalue weighted by molar-refractivity contribution is -0.140. The van der Waals surface area contributed by atoms with Crippen LogP contribution in [0.15, 0.2) is 78.9 Å². The summed E-state index contributed by atoms with van der Waals surface area (Å²) in [5.74, 6) is 0.555. The van der Waals surface area contributed by atoms with Crippen LogP contribution in [0, 0.1) is 6.92 Å². The fourth-order valence-electron chi connectivity index (χ4n) is 5.35. The number of amides is 2. The molecule has 4 rings (SSSR count). The molecule has 0 saturated heterocycles. The zero-order valence-electron chi connectivity index (χ0n) is 24.7. The van der Waals surface area contributed by atoms with Crippen LogP contribution in [0.2, 0.25) is 0 Å². The average Bonchev–Trinajstić information content (AvgIpc) is 2.97. The van der Waals surface area contributed by atoms with Gasteiger partial charge in [0.05, 0.1) is 11.9 Å². The minimum absolute atomic E-state index is 0.0971. The summed E-state index contributed by atoms with van der Waals surface area (Å²) < 4.78 is 32.8. The molecule has 224 valence electrons. The molecule has 3 aromatic rings. The summed E-state index contributed by atoms with van der Waals surface area (Å²) in [5.41, 5.74) is 2.23. The molecule has 1 saturated carbocycles. The number of nitrogens with one attached hydrogen (secondary N) is 1. The zero-order valence-corrected chi connectivity index (χ0v) is 25.5. The summed E-state index contributed by atoms with van der Waals surface area (Å²) in [7, 11) is -3.83. The van der Waals surface area contributed by atoms with E-state index in [1.54, 1.807) is 24.3 Å². The highest BCUT2D eigenvalue weighted by Crippen LogP contribution is 2.26. The van der Waals surface area contributed by atoms with Gasteiger partial charge < -0.3 is 15.0 Å². The quantitative estimate of drug-likeness (QED) is 0.287. The SMILES string of the molecule is CC[C@H](C(=O)NC1CCCCC1)N(Cc1ccccc1C)C(=O)CN(c1ccc(Oc2ccccc2)cc1)S(C)(=O)=O. The van der Waals surface area contributed by atoms with E-state index >= 15 is 0 Å². The molecule has 0 aromatic heterocycles. The van der Waals surface area contributed by atoms with Crippen LogP contribution >= 0.6 is 0 Å². The zero-order chi connectivity index (χ0) is 30.1. The molecular formula is C33H41N3O5S. The van der Waals surface area contributed by atoms with Crippen molar-refractivity contribution in [3.63, 3.8) is 0 Å². The van der Waals surface area contributed by atoms with Crippen LogP contribution in [0.1, 0.15) is 56.6 Å². The van der Waals surface area contributed by atoms with Crippen LogP contribution in [-0.2, 0) is 26.2 Å². The Labute approximate surface area is 249 Å². The van der Waals surface area contributed by atoms with Gasteiger partial charge in [-0.15, -0.1) is 0 Å². The number of benzene rings is 3. The van der Waals surface area contributed by atoms with E-state index in [4.69, 9.17) is 4.74 Å². The summed E-state index contributed by atoms with van der Waals surface area (Å²) in [6.45, 7) is 3.60. The fraction of sp³-hybridized carbons (Fsp3) is 0.394. The Hall–Kier alpha value is -3.85. The van der Waals surface area contributed by atoms with Crippen molar-refractivity contribution < 1.29 is 22.7 Å². The standard InChI is InChI=1S/C33H41N3O5S/c1-4-31(33(38)34-27-15-7-5-8-16-27)35(23-26-14-12-11-13-25(26)2)32(37)24-36(42(3,39)40)28-19-21-30(22-20-28)41-29-17-9-6-10-18-29/h6,9-14,17-22,27,31H,4-5,7-8,15-16,23-24H2,1-3H3,(H,34,38)/t31-/m1/s1. The minimum Gasteiger partial charge on any atom is -0.457 e. The van der Waals surface area contributed by atoms with Crippen molar-refractivity contribution in [3.8, 4) is 11.5 Å². The second-order valence-electron chi connectivity index (χ2n) is 10.9. The van der Waals surface area contributed by atoms with Gasteiger partial charge in [0, 0.05) is 12.6 Å². The van der Waals surface area contributed by atoms with Gasteiger partial charge in [0.1, 0.15) is 24.1 Å². The van der Waals surface area contributed by atoms with Gasteiger partial charge in [-0.05, 0) is 73.7 Å². The molecule has 1 aliphatic carbocycles. The van der Waals surface area contributed by atoms with E-state index in [-0.39, 0.29) is 18.5 Å². The number of rotatable bonds is 12. The van der Waals surface area contributed by atoms with Crippen molar-refractivity contribution in [2.75, 3.05) is 17.1 Å². The lowest BCUT2D eigenvalue weighted by atomic mass is 9.95. The first-order chi connectivity index (χ1) is 20.2. The lowest BCUT2D eigenvalue weighted by Gasteiger charge is -2.34. The smallest absolute Gasteiger partial charge is 0.244 e. The predicted molar refractivity (Wildman–Crippen MR) is 166 cm³/mol. The molecule has 8 nitrogen and oxygen atoms in total. The van der Waals surface area contributed by atoms with Gasteiger partial charge in [-0.2, -0.15) is 0 Å². The highest BCUT2D eigenvalue weighted by molar-refractivity contribution is 7.92. The summed E-state index contributed by atoms with van der Waals surface area (Å²) >= 11 is 0. The summed E-state index contributed by atoms with van der Waals surface area (Å²) in [6.07, 6.45) is 6.66. The van der Waals surface area contributed by atoms with Crippen LogP contribution in [0.4, 0.5) is 5.69 Å². The van der Waals surface area contributed by atoms with Crippen LogP contribution in [-0.4, -0.2) is 50.0 Å². The number of sulfonamides is 1. The molecule has 1 N–H and O–H groups in total. The number of carbonyl (C=O) groups is 2. The molecule has 0 unspecified atom stereocenters. The van der Waals surface area contributed by atoms with E-state index in [1.165, 1.54) is 11.3 Å². The Balaban J connectivity index is 1.58. The number of ether oxygens (including phenoxy) is 1. The van der Waals surface area contributed by atoms with E-state index in [9.17, 15) is 18.0 Å². The highest BCUT2D eigenvalue weighted by atomic mass is 32.2. The number of para-hydroxylation sites is 1. The predicted octanol–water partition coefficient (Wildman–Crippen LogP) is 5.81. The molecule has 1 aliphatic rings. The average molecular weight is 592 g/mol. The second-order valence-corrected chi connectivity index (χ2v) is 12.8. The van der Waals surface area contributed by atoms with Crippen LogP contribution in [0.25, 0.3) is 0 Å². The van der Waals surface area contributed by atoms with Gasteiger partial charge in [-0.25, -0.2) is 8.42 Å². The lowest BCUT2D eigenvalue weighted by Crippen LogP contribution is -2.54. The molecule has 0 bridgehead atoms. The Bertz CT molecular complexity index is 1440. The van der Waals surface area contributed by atoms with Crippen molar-refractivity contribution in [3.05, 3.63) is 90.0 Å². The molecule has 0 radical (unpaired) electrons. The van der Waals surface area contributed by atoms with Gasteiger partial charge in [-0.1, -0.05) is 68.7 Å². The van der Waals surface area contributed by atoms with Crippen molar-refractivity contribution in [2.24, 2.45) is 0 Å². The topological polar surface area (TPSA) is 96.0 Å². The number of hydrogen-bond acceptors (Lipinski definition) is 5. The third kappa shape index (κ3) is 8.35. The van der Waals surface area contributed by atoms with Gasteiger partial charge in [0.15, 0.2) is 0 Å². The maximum Gasteiger partial charge on any atom is 0.244 e. The normalized spacial score (nSPS) is 14.5. The largest absolute Gasteiger partial charge is 0.457 e. The monoisotopic (exact) mass is 591 g/mol. The summed E-state index contributed by atoms with van der Waals surface area (Å²) in [5, 5.41) is 3.17. The molecule has 1 atom stereocenters. The second kappa shape index (κ2) is 14.4. The van der Waals surface area contributed by atoms with Gasteiger partial charge in [-0.3, -0.25) is 13.9 Å². The van der Waals surface area contributed by atoms with Gasteiger partial charge in [0.2, 0.25) is 21.8 Å².